The molecule has 0 radical (unpaired) electrons. The quantitative estimate of drug-likeness (QED) is 0.695. The second kappa shape index (κ2) is 8.59. The number of aromatic amines is 1. The first-order chi connectivity index (χ1) is 11.1. The minimum Gasteiger partial charge on any atom is -0.394 e. The minimum atomic E-state index is -0.306. The van der Waals surface area contributed by atoms with E-state index in [2.05, 4.69) is 15.5 Å². The summed E-state index contributed by atoms with van der Waals surface area (Å²) < 4.78 is 0. The first-order valence-electron chi connectivity index (χ1n) is 6.96. The van der Waals surface area contributed by atoms with Gasteiger partial charge in [-0.15, -0.1) is 0 Å². The molecule has 0 aliphatic rings. The molecule has 3 N–H and O–H groups in total. The van der Waals surface area contributed by atoms with E-state index in [0.717, 1.165) is 5.75 Å². The third kappa shape index (κ3) is 4.64. The lowest BCUT2D eigenvalue weighted by Gasteiger charge is -2.15. The number of amides is 1. The number of H-pyrrole nitrogens is 1. The van der Waals surface area contributed by atoms with Crippen molar-refractivity contribution in [2.45, 2.75) is 12.5 Å². The predicted molar refractivity (Wildman–Crippen MR) is 95.4 cm³/mol. The van der Waals surface area contributed by atoms with Crippen LogP contribution in [0.15, 0.2) is 24.4 Å². The molecule has 8 heteroatoms. The molecule has 23 heavy (non-hydrogen) atoms. The van der Waals surface area contributed by atoms with Gasteiger partial charge in [0.1, 0.15) is 0 Å². The Morgan fingerprint density at radius 1 is 1.48 bits per heavy atom. The van der Waals surface area contributed by atoms with Gasteiger partial charge in [-0.05, 0) is 36.6 Å². The number of halogens is 2. The van der Waals surface area contributed by atoms with E-state index in [4.69, 9.17) is 23.2 Å². The second-order valence-corrected chi connectivity index (χ2v) is 6.75. The number of carbonyl (C=O) groups excluding carboxylic acids is 1. The highest BCUT2D eigenvalue weighted by molar-refractivity contribution is 7.98. The maximum absolute atomic E-state index is 12.5. The molecule has 0 fully saturated rings. The largest absolute Gasteiger partial charge is 0.394 e. The number of carbonyl (C=O) groups is 1. The fourth-order valence-electron chi connectivity index (χ4n) is 2.09. The van der Waals surface area contributed by atoms with Gasteiger partial charge in [0, 0.05) is 10.6 Å². The summed E-state index contributed by atoms with van der Waals surface area (Å²) in [5, 5.41) is 19.9. The van der Waals surface area contributed by atoms with E-state index < -0.39 is 0 Å². The van der Waals surface area contributed by atoms with E-state index in [-0.39, 0.29) is 18.6 Å². The highest BCUT2D eigenvalue weighted by atomic mass is 35.5. The molecular formula is C15H17Cl2N3O2S. The number of hydrogen-bond donors (Lipinski definition) is 3. The molecular weight excluding hydrogens is 357 g/mol. The molecule has 1 atom stereocenters. The third-order valence-electron chi connectivity index (χ3n) is 3.31. The first kappa shape index (κ1) is 18.1. The van der Waals surface area contributed by atoms with Crippen LogP contribution in [0.5, 0.6) is 0 Å². The summed E-state index contributed by atoms with van der Waals surface area (Å²) in [5.41, 5.74) is 1.53. The van der Waals surface area contributed by atoms with Crippen molar-refractivity contribution in [1.29, 1.82) is 0 Å². The molecule has 124 valence electrons. The molecule has 1 heterocycles. The van der Waals surface area contributed by atoms with Crippen molar-refractivity contribution in [3.8, 4) is 11.3 Å². The number of hydrogen-bond acceptors (Lipinski definition) is 4. The number of aliphatic hydroxyl groups excluding tert-OH is 1. The third-order valence-corrected chi connectivity index (χ3v) is 4.50. The van der Waals surface area contributed by atoms with Gasteiger partial charge in [0.05, 0.1) is 35.1 Å². The summed E-state index contributed by atoms with van der Waals surface area (Å²) in [7, 11) is 0. The minimum absolute atomic E-state index is 0.110. The molecule has 1 aromatic carbocycles. The van der Waals surface area contributed by atoms with Gasteiger partial charge in [-0.1, -0.05) is 23.2 Å². The van der Waals surface area contributed by atoms with Gasteiger partial charge in [-0.2, -0.15) is 16.9 Å². The molecule has 1 unspecified atom stereocenters. The van der Waals surface area contributed by atoms with Crippen LogP contribution in [0.2, 0.25) is 10.0 Å². The average molecular weight is 374 g/mol. The van der Waals surface area contributed by atoms with Crippen molar-refractivity contribution in [3.05, 3.63) is 40.0 Å². The van der Waals surface area contributed by atoms with Gasteiger partial charge in [0.2, 0.25) is 0 Å². The maximum atomic E-state index is 12.5. The topological polar surface area (TPSA) is 78.0 Å². The van der Waals surface area contributed by atoms with Crippen molar-refractivity contribution >= 4 is 40.9 Å². The molecule has 1 amide bonds. The Morgan fingerprint density at radius 3 is 2.91 bits per heavy atom. The first-order valence-corrected chi connectivity index (χ1v) is 9.11. The van der Waals surface area contributed by atoms with Crippen LogP contribution >= 0.6 is 35.0 Å². The predicted octanol–water partition coefficient (Wildman–Crippen LogP) is 3.23. The van der Waals surface area contributed by atoms with Crippen molar-refractivity contribution in [1.82, 2.24) is 15.5 Å². The fraction of sp³-hybridized carbons (Fsp3) is 0.333. The van der Waals surface area contributed by atoms with E-state index in [0.29, 0.717) is 33.3 Å². The molecule has 5 nitrogen and oxygen atoms in total. The summed E-state index contributed by atoms with van der Waals surface area (Å²) in [5.74, 6) is 0.548. The molecule has 2 aromatic rings. The van der Waals surface area contributed by atoms with Crippen molar-refractivity contribution in [2.24, 2.45) is 0 Å². The number of rotatable bonds is 7. The van der Waals surface area contributed by atoms with Gasteiger partial charge < -0.3 is 10.4 Å². The van der Waals surface area contributed by atoms with E-state index >= 15 is 0 Å². The average Bonchev–Trinajstić information content (AvgIpc) is 3.00. The Morgan fingerprint density at radius 2 is 2.26 bits per heavy atom. The standard InChI is InChI=1S/C15H17Cl2N3O2S/c1-23-5-4-10(8-21)19-15(22)12-7-18-20-14(12)11-3-2-9(16)6-13(11)17/h2-3,6-7,10,21H,4-5,8H2,1H3,(H,18,20)(H,19,22). The van der Waals surface area contributed by atoms with Gasteiger partial charge >= 0.3 is 0 Å². The van der Waals surface area contributed by atoms with Crippen LogP contribution in [0.3, 0.4) is 0 Å². The van der Waals surface area contributed by atoms with Crippen LogP contribution in [-0.2, 0) is 0 Å². The summed E-state index contributed by atoms with van der Waals surface area (Å²) in [6.45, 7) is -0.110. The van der Waals surface area contributed by atoms with Crippen LogP contribution < -0.4 is 5.32 Å². The SMILES string of the molecule is CSCCC(CO)NC(=O)c1cn[nH]c1-c1ccc(Cl)cc1Cl. The number of nitrogens with zero attached hydrogens (tertiary/aromatic N) is 1. The molecule has 1 aromatic heterocycles. The Hall–Kier alpha value is -1.21. The second-order valence-electron chi connectivity index (χ2n) is 4.92. The van der Waals surface area contributed by atoms with Crippen LogP contribution in [0.25, 0.3) is 11.3 Å². The van der Waals surface area contributed by atoms with E-state index in [1.54, 1.807) is 30.0 Å². The lowest BCUT2D eigenvalue weighted by molar-refractivity contribution is 0.0916. The zero-order chi connectivity index (χ0) is 16.8. The Labute approximate surface area is 148 Å². The molecule has 0 bridgehead atoms. The highest BCUT2D eigenvalue weighted by Crippen LogP contribution is 2.31. The zero-order valence-electron chi connectivity index (χ0n) is 12.5. The number of aromatic nitrogens is 2. The molecule has 0 saturated heterocycles. The smallest absolute Gasteiger partial charge is 0.255 e. The molecule has 2 rings (SSSR count). The van der Waals surface area contributed by atoms with Crippen molar-refractivity contribution in [3.63, 3.8) is 0 Å². The van der Waals surface area contributed by atoms with Crippen LogP contribution in [0, 0.1) is 0 Å². The maximum Gasteiger partial charge on any atom is 0.255 e. The van der Waals surface area contributed by atoms with E-state index in [1.165, 1.54) is 6.20 Å². The van der Waals surface area contributed by atoms with Gasteiger partial charge in [0.15, 0.2) is 0 Å². The van der Waals surface area contributed by atoms with Gasteiger partial charge in [-0.3, -0.25) is 9.89 Å². The molecule has 0 spiro atoms. The molecule has 0 aliphatic carbocycles. The number of nitrogens with one attached hydrogen (secondary N) is 2. The van der Waals surface area contributed by atoms with Gasteiger partial charge in [0.25, 0.3) is 5.91 Å². The molecule has 0 aliphatic heterocycles. The van der Waals surface area contributed by atoms with Crippen LogP contribution in [0.1, 0.15) is 16.8 Å². The zero-order valence-corrected chi connectivity index (χ0v) is 14.8. The monoisotopic (exact) mass is 373 g/mol. The number of aliphatic hydroxyl groups is 1. The Bertz CT molecular complexity index is 678. The fourth-order valence-corrected chi connectivity index (χ4v) is 3.11. The summed E-state index contributed by atoms with van der Waals surface area (Å²) in [6.07, 6.45) is 4.11. The lowest BCUT2D eigenvalue weighted by Crippen LogP contribution is -2.38. The van der Waals surface area contributed by atoms with Crippen LogP contribution in [-0.4, -0.2) is 45.9 Å². The Balaban J connectivity index is 2.21. The van der Waals surface area contributed by atoms with Crippen molar-refractivity contribution < 1.29 is 9.90 Å². The normalized spacial score (nSPS) is 12.2. The number of benzene rings is 1. The van der Waals surface area contributed by atoms with Gasteiger partial charge in [-0.25, -0.2) is 0 Å². The van der Waals surface area contributed by atoms with Crippen molar-refractivity contribution in [2.75, 3.05) is 18.6 Å². The Kier molecular flexibility index (Phi) is 6.77. The summed E-state index contributed by atoms with van der Waals surface area (Å²) >= 11 is 13.8. The van der Waals surface area contributed by atoms with Crippen LogP contribution in [0.4, 0.5) is 0 Å². The molecule has 0 saturated carbocycles. The van der Waals surface area contributed by atoms with E-state index in [1.807, 2.05) is 6.26 Å². The summed E-state index contributed by atoms with van der Waals surface area (Å²) in [6, 6.07) is 4.74. The summed E-state index contributed by atoms with van der Waals surface area (Å²) in [4.78, 5) is 12.5. The number of thioether (sulfide) groups is 1. The highest BCUT2D eigenvalue weighted by Gasteiger charge is 2.19. The van der Waals surface area contributed by atoms with E-state index in [9.17, 15) is 9.90 Å². The lowest BCUT2D eigenvalue weighted by atomic mass is 10.1.